The number of carbonyl (C=O) groups excluding carboxylic acids is 2. The summed E-state index contributed by atoms with van der Waals surface area (Å²) in [5.74, 6) is 0.254. The van der Waals surface area contributed by atoms with Gasteiger partial charge in [0.1, 0.15) is 5.69 Å². The van der Waals surface area contributed by atoms with Gasteiger partial charge in [0, 0.05) is 36.6 Å². The van der Waals surface area contributed by atoms with Gasteiger partial charge in [0.2, 0.25) is 12.3 Å². The molecule has 2 bridgehead atoms. The smallest absolute Gasteiger partial charge is 0.270 e. The molecule has 7 heteroatoms. The number of rotatable bonds is 4. The van der Waals surface area contributed by atoms with Crippen molar-refractivity contribution in [3.63, 3.8) is 0 Å². The third-order valence-corrected chi connectivity index (χ3v) is 4.75. The highest BCUT2D eigenvalue weighted by Gasteiger charge is 2.39. The number of hydrogen-bond donors (Lipinski definition) is 2. The van der Waals surface area contributed by atoms with Gasteiger partial charge in [0.05, 0.1) is 6.20 Å². The van der Waals surface area contributed by atoms with Gasteiger partial charge in [-0.1, -0.05) is 0 Å². The summed E-state index contributed by atoms with van der Waals surface area (Å²) in [6.45, 7) is 0. The van der Waals surface area contributed by atoms with Crippen LogP contribution in [0.25, 0.3) is 11.0 Å². The number of furan rings is 1. The first-order valence-corrected chi connectivity index (χ1v) is 7.78. The molecule has 2 aliphatic heterocycles. The van der Waals surface area contributed by atoms with Crippen LogP contribution in [0, 0.1) is 0 Å². The van der Waals surface area contributed by atoms with Crippen LogP contribution in [-0.2, 0) is 4.79 Å². The van der Waals surface area contributed by atoms with Gasteiger partial charge in [-0.3, -0.25) is 14.5 Å². The van der Waals surface area contributed by atoms with Gasteiger partial charge in [-0.05, 0) is 25.3 Å². The summed E-state index contributed by atoms with van der Waals surface area (Å²) in [6.07, 6.45) is 5.49. The van der Waals surface area contributed by atoms with E-state index in [-0.39, 0.29) is 11.9 Å². The lowest BCUT2D eigenvalue weighted by Crippen LogP contribution is -2.43. The molecular formula is C16H18N4O3. The Bertz CT molecular complexity index is 772. The number of pyridine rings is 1. The highest BCUT2D eigenvalue weighted by atomic mass is 16.4. The quantitative estimate of drug-likeness (QED) is 0.824. The lowest BCUT2D eigenvalue weighted by molar-refractivity contribution is -0.107. The van der Waals surface area contributed by atoms with E-state index in [0.29, 0.717) is 35.7 Å². The zero-order valence-corrected chi connectivity index (χ0v) is 12.8. The molecule has 0 aliphatic carbocycles. The Balaban J connectivity index is 1.54. The van der Waals surface area contributed by atoms with E-state index in [1.807, 2.05) is 0 Å². The SMILES string of the molecule is CN(C=O)c1cc2cc(C(=O)N[C@@H]3C[C@H]4CC[C@@H]3N4)ncc2o1. The Hall–Kier alpha value is -2.41. The Morgan fingerprint density at radius 2 is 2.35 bits per heavy atom. The zero-order chi connectivity index (χ0) is 16.0. The minimum Gasteiger partial charge on any atom is -0.438 e. The fourth-order valence-electron chi connectivity index (χ4n) is 3.51. The molecule has 2 amide bonds. The molecule has 4 heterocycles. The van der Waals surface area contributed by atoms with Gasteiger partial charge >= 0.3 is 0 Å². The van der Waals surface area contributed by atoms with E-state index in [9.17, 15) is 9.59 Å². The van der Waals surface area contributed by atoms with Crippen molar-refractivity contribution >= 4 is 29.2 Å². The van der Waals surface area contributed by atoms with Crippen LogP contribution in [0.3, 0.4) is 0 Å². The largest absolute Gasteiger partial charge is 0.438 e. The Kier molecular flexibility index (Phi) is 3.30. The highest BCUT2D eigenvalue weighted by molar-refractivity contribution is 5.96. The second-order valence-corrected chi connectivity index (χ2v) is 6.27. The first kappa shape index (κ1) is 14.2. The van der Waals surface area contributed by atoms with Crippen LogP contribution in [0.2, 0.25) is 0 Å². The monoisotopic (exact) mass is 314 g/mol. The average Bonchev–Trinajstić information content (AvgIpc) is 3.27. The predicted octanol–water partition coefficient (Wildman–Crippen LogP) is 1.04. The van der Waals surface area contributed by atoms with Crippen molar-refractivity contribution in [3.8, 4) is 0 Å². The van der Waals surface area contributed by atoms with Crippen LogP contribution < -0.4 is 15.5 Å². The Morgan fingerprint density at radius 1 is 1.48 bits per heavy atom. The molecule has 23 heavy (non-hydrogen) atoms. The first-order chi connectivity index (χ1) is 11.1. The second kappa shape index (κ2) is 5.34. The van der Waals surface area contributed by atoms with Crippen molar-refractivity contribution in [3.05, 3.63) is 24.0 Å². The molecule has 0 unspecified atom stereocenters. The number of carbonyl (C=O) groups is 2. The minimum absolute atomic E-state index is 0.169. The molecule has 120 valence electrons. The summed E-state index contributed by atoms with van der Waals surface area (Å²) in [6, 6.07) is 4.52. The predicted molar refractivity (Wildman–Crippen MR) is 84.3 cm³/mol. The van der Waals surface area contributed by atoms with E-state index in [0.717, 1.165) is 18.2 Å². The summed E-state index contributed by atoms with van der Waals surface area (Å²) in [7, 11) is 1.61. The molecule has 2 fully saturated rings. The molecule has 7 nitrogen and oxygen atoms in total. The van der Waals surface area contributed by atoms with E-state index in [2.05, 4.69) is 15.6 Å². The van der Waals surface area contributed by atoms with E-state index in [4.69, 9.17) is 4.42 Å². The summed E-state index contributed by atoms with van der Waals surface area (Å²) in [5.41, 5.74) is 0.910. The fraction of sp³-hybridized carbons (Fsp3) is 0.438. The van der Waals surface area contributed by atoms with Crippen molar-refractivity contribution in [1.29, 1.82) is 0 Å². The summed E-state index contributed by atoms with van der Waals surface area (Å²) >= 11 is 0. The van der Waals surface area contributed by atoms with Gasteiger partial charge in [-0.2, -0.15) is 0 Å². The summed E-state index contributed by atoms with van der Waals surface area (Å²) < 4.78 is 5.52. The number of nitrogens with one attached hydrogen (secondary N) is 2. The van der Waals surface area contributed by atoms with E-state index in [1.165, 1.54) is 17.5 Å². The molecule has 2 aromatic heterocycles. The van der Waals surface area contributed by atoms with Crippen LogP contribution in [-0.4, -0.2) is 42.5 Å². The maximum Gasteiger partial charge on any atom is 0.270 e. The normalized spacial score (nSPS) is 25.7. The van der Waals surface area contributed by atoms with Crippen LogP contribution in [0.15, 0.2) is 22.7 Å². The maximum atomic E-state index is 12.4. The van der Waals surface area contributed by atoms with Crippen molar-refractivity contribution in [2.45, 2.75) is 37.4 Å². The van der Waals surface area contributed by atoms with Crippen molar-refractivity contribution in [2.75, 3.05) is 11.9 Å². The lowest BCUT2D eigenvalue weighted by atomic mass is 9.95. The second-order valence-electron chi connectivity index (χ2n) is 6.27. The highest BCUT2D eigenvalue weighted by Crippen LogP contribution is 2.29. The van der Waals surface area contributed by atoms with Crippen LogP contribution in [0.1, 0.15) is 29.8 Å². The Labute approximate surface area is 133 Å². The number of nitrogens with zero attached hydrogens (tertiary/aromatic N) is 2. The number of fused-ring (bicyclic) bond motifs is 3. The summed E-state index contributed by atoms with van der Waals surface area (Å²) in [4.78, 5) is 28.7. The van der Waals surface area contributed by atoms with Crippen molar-refractivity contribution in [1.82, 2.24) is 15.6 Å². The van der Waals surface area contributed by atoms with Crippen LogP contribution >= 0.6 is 0 Å². The average molecular weight is 314 g/mol. The third-order valence-electron chi connectivity index (χ3n) is 4.75. The molecular weight excluding hydrogens is 296 g/mol. The number of anilines is 1. The van der Waals surface area contributed by atoms with E-state index in [1.54, 1.807) is 19.2 Å². The first-order valence-electron chi connectivity index (χ1n) is 7.78. The molecule has 0 aromatic carbocycles. The molecule has 0 radical (unpaired) electrons. The van der Waals surface area contributed by atoms with E-state index >= 15 is 0 Å². The van der Waals surface area contributed by atoms with Crippen LogP contribution in [0.4, 0.5) is 5.88 Å². The van der Waals surface area contributed by atoms with Crippen molar-refractivity contribution in [2.24, 2.45) is 0 Å². The van der Waals surface area contributed by atoms with Crippen molar-refractivity contribution < 1.29 is 14.0 Å². The third kappa shape index (κ3) is 2.46. The molecule has 2 saturated heterocycles. The molecule has 0 spiro atoms. The molecule has 2 aliphatic rings. The molecule has 4 rings (SSSR count). The van der Waals surface area contributed by atoms with E-state index < -0.39 is 0 Å². The number of hydrogen-bond acceptors (Lipinski definition) is 5. The van der Waals surface area contributed by atoms with Gasteiger partial charge < -0.3 is 15.1 Å². The minimum atomic E-state index is -0.169. The standard InChI is InChI=1S/C16H18N4O3/c1-20(8-21)15-5-9-4-13(17-7-14(9)23-15)16(22)19-12-6-10-2-3-11(12)18-10/h4-5,7-8,10-12,18H,2-3,6H2,1H3,(H,19,22)/t10-,11+,12-/m1/s1. The number of amides is 2. The maximum absolute atomic E-state index is 12.4. The molecule has 2 aromatic rings. The lowest BCUT2D eigenvalue weighted by Gasteiger charge is -2.21. The van der Waals surface area contributed by atoms with Crippen LogP contribution in [0.5, 0.6) is 0 Å². The van der Waals surface area contributed by atoms with Gasteiger partial charge in [0.25, 0.3) is 5.91 Å². The van der Waals surface area contributed by atoms with Gasteiger partial charge in [-0.15, -0.1) is 0 Å². The molecule has 0 saturated carbocycles. The topological polar surface area (TPSA) is 87.5 Å². The summed E-state index contributed by atoms with van der Waals surface area (Å²) in [5, 5.41) is 7.32. The zero-order valence-electron chi connectivity index (χ0n) is 12.8. The Morgan fingerprint density at radius 3 is 3.04 bits per heavy atom. The van der Waals surface area contributed by atoms with Gasteiger partial charge in [-0.25, -0.2) is 4.98 Å². The van der Waals surface area contributed by atoms with Gasteiger partial charge in [0.15, 0.2) is 5.58 Å². The fourth-order valence-corrected chi connectivity index (χ4v) is 3.51. The number of aromatic nitrogens is 1. The molecule has 2 N–H and O–H groups in total. The molecule has 3 atom stereocenters.